The van der Waals surface area contributed by atoms with E-state index in [2.05, 4.69) is 5.32 Å². The van der Waals surface area contributed by atoms with Crippen molar-refractivity contribution in [1.82, 2.24) is 9.62 Å². The minimum Gasteiger partial charge on any atom is -0.457 e. The molecule has 1 saturated heterocycles. The number of carbonyl (C=O) groups excluding carboxylic acids is 1. The molecule has 1 amide bonds. The summed E-state index contributed by atoms with van der Waals surface area (Å²) in [5, 5.41) is 2.83. The molecule has 1 aromatic heterocycles. The summed E-state index contributed by atoms with van der Waals surface area (Å²) in [7, 11) is -3.78. The molecule has 1 atom stereocenters. The SMILES string of the molecule is O=C(NCc1cccc(Oc2ccc(F)cc2)c1)[C@@H]1CCCN1S(=O)(=O)c1ccc(Cl)s1. The van der Waals surface area contributed by atoms with Crippen LogP contribution < -0.4 is 10.1 Å². The Labute approximate surface area is 194 Å². The monoisotopic (exact) mass is 494 g/mol. The Morgan fingerprint density at radius 1 is 1.16 bits per heavy atom. The summed E-state index contributed by atoms with van der Waals surface area (Å²) < 4.78 is 46.4. The summed E-state index contributed by atoms with van der Waals surface area (Å²) >= 11 is 6.87. The number of halogens is 2. The largest absolute Gasteiger partial charge is 0.457 e. The number of hydrogen-bond donors (Lipinski definition) is 1. The molecule has 0 radical (unpaired) electrons. The van der Waals surface area contributed by atoms with Crippen molar-refractivity contribution in [3.8, 4) is 11.5 Å². The Morgan fingerprint density at radius 2 is 1.94 bits per heavy atom. The van der Waals surface area contributed by atoms with Gasteiger partial charge >= 0.3 is 0 Å². The van der Waals surface area contributed by atoms with Crippen LogP contribution in [0, 0.1) is 5.82 Å². The van der Waals surface area contributed by atoms with Crippen LogP contribution in [0.3, 0.4) is 0 Å². The summed E-state index contributed by atoms with van der Waals surface area (Å²) in [6.07, 6.45) is 1.06. The molecule has 6 nitrogen and oxygen atoms in total. The average Bonchev–Trinajstić information content (AvgIpc) is 3.44. The lowest BCUT2D eigenvalue weighted by Gasteiger charge is -2.22. The maximum absolute atomic E-state index is 13.1. The maximum atomic E-state index is 13.1. The smallest absolute Gasteiger partial charge is 0.253 e. The van der Waals surface area contributed by atoms with Gasteiger partial charge in [0, 0.05) is 13.1 Å². The van der Waals surface area contributed by atoms with Gasteiger partial charge in [-0.1, -0.05) is 23.7 Å². The molecule has 0 aliphatic carbocycles. The second-order valence-corrected chi connectivity index (χ2v) is 11.1. The zero-order valence-electron chi connectivity index (χ0n) is 16.8. The van der Waals surface area contributed by atoms with Crippen molar-refractivity contribution in [2.75, 3.05) is 6.54 Å². The lowest BCUT2D eigenvalue weighted by Crippen LogP contribution is -2.45. The van der Waals surface area contributed by atoms with Crippen molar-refractivity contribution in [2.24, 2.45) is 0 Å². The number of carbonyl (C=O) groups is 1. The van der Waals surface area contributed by atoms with Gasteiger partial charge in [0.15, 0.2) is 0 Å². The first-order valence-corrected chi connectivity index (χ1v) is 12.5. The molecule has 3 aromatic rings. The fourth-order valence-electron chi connectivity index (χ4n) is 3.51. The van der Waals surface area contributed by atoms with Gasteiger partial charge in [-0.3, -0.25) is 4.79 Å². The van der Waals surface area contributed by atoms with Crippen LogP contribution in [0.1, 0.15) is 18.4 Å². The minimum atomic E-state index is -3.78. The Hall–Kier alpha value is -2.46. The van der Waals surface area contributed by atoms with Crippen molar-refractivity contribution < 1.29 is 22.3 Å². The molecule has 0 saturated carbocycles. The van der Waals surface area contributed by atoms with Gasteiger partial charge in [0.2, 0.25) is 5.91 Å². The van der Waals surface area contributed by atoms with E-state index in [1.165, 1.54) is 40.7 Å². The minimum absolute atomic E-state index is 0.132. The molecule has 0 unspecified atom stereocenters. The molecule has 168 valence electrons. The van der Waals surface area contributed by atoms with E-state index in [0.717, 1.165) is 16.9 Å². The first-order chi connectivity index (χ1) is 15.3. The van der Waals surface area contributed by atoms with E-state index < -0.39 is 16.1 Å². The molecule has 1 aliphatic rings. The highest BCUT2D eigenvalue weighted by molar-refractivity contribution is 7.91. The molecule has 2 aromatic carbocycles. The van der Waals surface area contributed by atoms with Gasteiger partial charge in [-0.15, -0.1) is 11.3 Å². The summed E-state index contributed by atoms with van der Waals surface area (Å²) in [4.78, 5) is 12.8. The molecule has 32 heavy (non-hydrogen) atoms. The second kappa shape index (κ2) is 9.58. The van der Waals surface area contributed by atoms with Gasteiger partial charge < -0.3 is 10.1 Å². The molecule has 1 N–H and O–H groups in total. The van der Waals surface area contributed by atoms with E-state index in [1.807, 2.05) is 6.07 Å². The number of rotatable bonds is 7. The van der Waals surface area contributed by atoms with Crippen molar-refractivity contribution in [1.29, 1.82) is 0 Å². The van der Waals surface area contributed by atoms with Crippen LogP contribution in [0.2, 0.25) is 4.34 Å². The zero-order chi connectivity index (χ0) is 22.7. The molecular weight excluding hydrogens is 475 g/mol. The van der Waals surface area contributed by atoms with Gasteiger partial charge in [-0.25, -0.2) is 12.8 Å². The number of amides is 1. The lowest BCUT2D eigenvalue weighted by atomic mass is 10.2. The fraction of sp³-hybridized carbons (Fsp3) is 0.227. The first-order valence-electron chi connectivity index (χ1n) is 9.90. The van der Waals surface area contributed by atoms with E-state index in [4.69, 9.17) is 16.3 Å². The zero-order valence-corrected chi connectivity index (χ0v) is 19.2. The highest BCUT2D eigenvalue weighted by atomic mass is 35.5. The van der Waals surface area contributed by atoms with Crippen LogP contribution in [0.25, 0.3) is 0 Å². The topological polar surface area (TPSA) is 75.7 Å². The number of sulfonamides is 1. The van der Waals surface area contributed by atoms with Crippen molar-refractivity contribution >= 4 is 38.9 Å². The maximum Gasteiger partial charge on any atom is 0.253 e. The summed E-state index contributed by atoms with van der Waals surface area (Å²) in [5.41, 5.74) is 0.787. The van der Waals surface area contributed by atoms with Gasteiger partial charge in [0.25, 0.3) is 10.0 Å². The number of thiophene rings is 1. The van der Waals surface area contributed by atoms with Crippen LogP contribution in [0.5, 0.6) is 11.5 Å². The highest BCUT2D eigenvalue weighted by Gasteiger charge is 2.39. The molecule has 0 spiro atoms. The van der Waals surface area contributed by atoms with Gasteiger partial charge in [0.1, 0.15) is 27.6 Å². The first kappa shape index (κ1) is 22.7. The van der Waals surface area contributed by atoms with Gasteiger partial charge in [0.05, 0.1) is 4.34 Å². The fourth-order valence-corrected chi connectivity index (χ4v) is 6.77. The van der Waals surface area contributed by atoms with Crippen molar-refractivity contribution in [2.45, 2.75) is 29.6 Å². The second-order valence-electron chi connectivity index (χ2n) is 7.25. The molecule has 2 heterocycles. The van der Waals surface area contributed by atoms with Gasteiger partial charge in [-0.05, 0) is 66.9 Å². The quantitative estimate of drug-likeness (QED) is 0.512. The number of nitrogens with one attached hydrogen (secondary N) is 1. The third-order valence-electron chi connectivity index (χ3n) is 5.03. The van der Waals surface area contributed by atoms with E-state index in [1.54, 1.807) is 18.2 Å². The predicted octanol–water partition coefficient (Wildman–Crippen LogP) is 4.80. The number of benzene rings is 2. The van der Waals surface area contributed by atoms with Crippen LogP contribution >= 0.6 is 22.9 Å². The lowest BCUT2D eigenvalue weighted by molar-refractivity contribution is -0.124. The molecule has 0 bridgehead atoms. The molecule has 10 heteroatoms. The van der Waals surface area contributed by atoms with E-state index in [-0.39, 0.29) is 29.0 Å². The molecular formula is C22H20ClFN2O4S2. The van der Waals surface area contributed by atoms with Crippen molar-refractivity contribution in [3.63, 3.8) is 0 Å². The van der Waals surface area contributed by atoms with E-state index in [0.29, 0.717) is 28.7 Å². The summed E-state index contributed by atoms with van der Waals surface area (Å²) in [6, 6.07) is 15.0. The average molecular weight is 495 g/mol. The standard InChI is InChI=1S/C22H20ClFN2O4S2/c23-20-10-11-21(31-20)32(28,29)26-12-2-5-19(26)22(27)25-14-15-3-1-4-18(13-15)30-17-8-6-16(24)7-9-17/h1,3-4,6-11,13,19H,2,5,12,14H2,(H,25,27)/t19-/m0/s1. The van der Waals surface area contributed by atoms with Crippen molar-refractivity contribution in [3.05, 3.63) is 76.4 Å². The molecule has 1 fully saturated rings. The molecule has 1 aliphatic heterocycles. The predicted molar refractivity (Wildman–Crippen MR) is 121 cm³/mol. The number of hydrogen-bond acceptors (Lipinski definition) is 5. The van der Waals surface area contributed by atoms with Crippen LogP contribution in [0.15, 0.2) is 64.9 Å². The Morgan fingerprint density at radius 3 is 2.66 bits per heavy atom. The van der Waals surface area contributed by atoms with Crippen LogP contribution in [-0.4, -0.2) is 31.2 Å². The summed E-state index contributed by atoms with van der Waals surface area (Å²) in [5.74, 6) is 0.341. The van der Waals surface area contributed by atoms with Gasteiger partial charge in [-0.2, -0.15) is 4.31 Å². The Kier molecular flexibility index (Phi) is 6.80. The number of nitrogens with zero attached hydrogens (tertiary/aromatic N) is 1. The Balaban J connectivity index is 1.40. The highest BCUT2D eigenvalue weighted by Crippen LogP contribution is 2.32. The normalized spacial score (nSPS) is 16.8. The number of ether oxygens (including phenoxy) is 1. The third kappa shape index (κ3) is 5.12. The third-order valence-corrected chi connectivity index (χ3v) is 8.64. The van der Waals surface area contributed by atoms with Crippen LogP contribution in [0.4, 0.5) is 4.39 Å². The Bertz CT molecular complexity index is 1210. The van der Waals surface area contributed by atoms with E-state index >= 15 is 0 Å². The summed E-state index contributed by atoms with van der Waals surface area (Å²) in [6.45, 7) is 0.506. The molecule has 4 rings (SSSR count). The van der Waals surface area contributed by atoms with E-state index in [9.17, 15) is 17.6 Å². The van der Waals surface area contributed by atoms with Crippen LogP contribution in [-0.2, 0) is 21.4 Å².